The maximum atomic E-state index is 12.7. The lowest BCUT2D eigenvalue weighted by atomic mass is 10.1. The third kappa shape index (κ3) is 3.95. The third-order valence-electron chi connectivity index (χ3n) is 3.96. The summed E-state index contributed by atoms with van der Waals surface area (Å²) in [6.07, 6.45) is 3.08. The van der Waals surface area contributed by atoms with Crippen LogP contribution >= 0.6 is 0 Å². The summed E-state index contributed by atoms with van der Waals surface area (Å²) >= 11 is 0. The summed E-state index contributed by atoms with van der Waals surface area (Å²) in [5, 5.41) is 2.77. The van der Waals surface area contributed by atoms with Crippen LogP contribution in [0.4, 0.5) is 5.69 Å². The molecular weight excluding hydrogens is 322 g/mol. The Labute approximate surface area is 145 Å². The Bertz CT molecular complexity index is 751. The quantitative estimate of drug-likeness (QED) is 0.890. The van der Waals surface area contributed by atoms with Crippen LogP contribution in [0.2, 0.25) is 0 Å². The first-order chi connectivity index (χ1) is 12.2. The van der Waals surface area contributed by atoms with E-state index in [4.69, 9.17) is 9.47 Å². The molecular formula is C18H19N3O4. The predicted molar refractivity (Wildman–Crippen MR) is 91.0 cm³/mol. The minimum atomic E-state index is -0.716. The van der Waals surface area contributed by atoms with E-state index in [1.54, 1.807) is 12.3 Å². The molecule has 0 saturated carbocycles. The van der Waals surface area contributed by atoms with Gasteiger partial charge in [-0.1, -0.05) is 30.3 Å². The van der Waals surface area contributed by atoms with Crippen LogP contribution in [-0.2, 0) is 20.9 Å². The molecule has 1 aliphatic rings. The molecule has 1 aromatic heterocycles. The van der Waals surface area contributed by atoms with Crippen molar-refractivity contribution in [3.05, 3.63) is 54.4 Å². The van der Waals surface area contributed by atoms with Gasteiger partial charge in [0.25, 0.3) is 0 Å². The lowest BCUT2D eigenvalue weighted by molar-refractivity contribution is -0.154. The smallest absolute Gasteiger partial charge is 0.249 e. The summed E-state index contributed by atoms with van der Waals surface area (Å²) in [4.78, 5) is 30.5. The SMILES string of the molecule is COc1ccncc1NC(=O)[C@@H]1COCC(=O)N1Cc1ccccc1. The molecule has 1 atom stereocenters. The number of carbonyl (C=O) groups excluding carboxylic acids is 2. The van der Waals surface area contributed by atoms with Gasteiger partial charge in [0.15, 0.2) is 0 Å². The first-order valence-electron chi connectivity index (χ1n) is 7.89. The number of ether oxygens (including phenoxy) is 2. The van der Waals surface area contributed by atoms with Crippen LogP contribution in [0, 0.1) is 0 Å². The molecule has 0 bridgehead atoms. The van der Waals surface area contributed by atoms with Gasteiger partial charge in [-0.2, -0.15) is 0 Å². The number of anilines is 1. The Hall–Kier alpha value is -2.93. The molecule has 2 heterocycles. The van der Waals surface area contributed by atoms with Gasteiger partial charge in [-0.25, -0.2) is 0 Å². The number of morpholine rings is 1. The van der Waals surface area contributed by atoms with Gasteiger partial charge in [0.2, 0.25) is 11.8 Å². The number of aromatic nitrogens is 1. The first kappa shape index (κ1) is 16.9. The number of rotatable bonds is 5. The zero-order valence-corrected chi connectivity index (χ0v) is 13.8. The molecule has 3 rings (SSSR count). The standard InChI is InChI=1S/C18H19N3O4/c1-24-16-7-8-19-9-14(16)20-18(23)15-11-25-12-17(22)21(15)10-13-5-3-2-4-6-13/h2-9,15H,10-12H2,1H3,(H,20,23)/t15-/m0/s1. The molecule has 0 spiro atoms. The van der Waals surface area contributed by atoms with E-state index in [9.17, 15) is 9.59 Å². The fraction of sp³-hybridized carbons (Fsp3) is 0.278. The lowest BCUT2D eigenvalue weighted by Crippen LogP contribution is -2.54. The summed E-state index contributed by atoms with van der Waals surface area (Å²) in [7, 11) is 1.51. The van der Waals surface area contributed by atoms with E-state index in [1.165, 1.54) is 18.2 Å². The second-order valence-corrected chi connectivity index (χ2v) is 5.60. The van der Waals surface area contributed by atoms with E-state index in [2.05, 4.69) is 10.3 Å². The summed E-state index contributed by atoms with van der Waals surface area (Å²) in [6.45, 7) is 0.477. The van der Waals surface area contributed by atoms with Crippen molar-refractivity contribution in [2.24, 2.45) is 0 Å². The molecule has 1 N–H and O–H groups in total. The molecule has 2 aromatic rings. The number of benzene rings is 1. The zero-order chi connectivity index (χ0) is 17.6. The van der Waals surface area contributed by atoms with Gasteiger partial charge in [-0.3, -0.25) is 14.6 Å². The molecule has 0 aliphatic carbocycles. The highest BCUT2D eigenvalue weighted by molar-refractivity contribution is 5.98. The molecule has 1 saturated heterocycles. The number of amides is 2. The van der Waals surface area contributed by atoms with Crippen LogP contribution in [0.3, 0.4) is 0 Å². The van der Waals surface area contributed by atoms with Gasteiger partial charge in [0.1, 0.15) is 24.1 Å². The minimum Gasteiger partial charge on any atom is -0.494 e. The Balaban J connectivity index is 1.77. The maximum absolute atomic E-state index is 12.7. The highest BCUT2D eigenvalue weighted by atomic mass is 16.5. The molecule has 7 nitrogen and oxygen atoms in total. The molecule has 0 unspecified atom stereocenters. The normalized spacial score (nSPS) is 17.2. The van der Waals surface area contributed by atoms with E-state index in [1.807, 2.05) is 30.3 Å². The van der Waals surface area contributed by atoms with Gasteiger partial charge in [0.05, 0.1) is 19.9 Å². The number of carbonyl (C=O) groups is 2. The van der Waals surface area contributed by atoms with Crippen molar-refractivity contribution in [1.29, 1.82) is 0 Å². The molecule has 7 heteroatoms. The first-order valence-corrected chi connectivity index (χ1v) is 7.89. The van der Waals surface area contributed by atoms with Crippen LogP contribution in [0.15, 0.2) is 48.8 Å². The molecule has 1 aliphatic heterocycles. The van der Waals surface area contributed by atoms with Crippen LogP contribution in [0.5, 0.6) is 5.75 Å². The second kappa shape index (κ2) is 7.76. The second-order valence-electron chi connectivity index (χ2n) is 5.60. The number of nitrogens with zero attached hydrogens (tertiary/aromatic N) is 2. The lowest BCUT2D eigenvalue weighted by Gasteiger charge is -2.34. The van der Waals surface area contributed by atoms with Crippen molar-refractivity contribution in [3.8, 4) is 5.75 Å². The number of nitrogens with one attached hydrogen (secondary N) is 1. The number of pyridine rings is 1. The van der Waals surface area contributed by atoms with Gasteiger partial charge in [0, 0.05) is 18.8 Å². The predicted octanol–water partition coefficient (Wildman–Crippen LogP) is 1.46. The molecule has 1 fully saturated rings. The van der Waals surface area contributed by atoms with Crippen molar-refractivity contribution in [1.82, 2.24) is 9.88 Å². The number of hydrogen-bond donors (Lipinski definition) is 1. The average molecular weight is 341 g/mol. The average Bonchev–Trinajstić information content (AvgIpc) is 2.64. The summed E-state index contributed by atoms with van der Waals surface area (Å²) in [6, 6.07) is 10.5. The topological polar surface area (TPSA) is 80.8 Å². The summed E-state index contributed by atoms with van der Waals surface area (Å²) in [5.41, 5.74) is 1.40. The fourth-order valence-corrected chi connectivity index (χ4v) is 2.67. The van der Waals surface area contributed by atoms with E-state index in [0.717, 1.165) is 5.56 Å². The van der Waals surface area contributed by atoms with Crippen molar-refractivity contribution in [2.45, 2.75) is 12.6 Å². The van der Waals surface area contributed by atoms with Crippen LogP contribution in [0.25, 0.3) is 0 Å². The van der Waals surface area contributed by atoms with E-state index < -0.39 is 6.04 Å². The Morgan fingerprint density at radius 3 is 2.92 bits per heavy atom. The van der Waals surface area contributed by atoms with Crippen LogP contribution in [-0.4, -0.2) is 48.1 Å². The Morgan fingerprint density at radius 2 is 2.16 bits per heavy atom. The van der Waals surface area contributed by atoms with Gasteiger partial charge in [-0.15, -0.1) is 0 Å². The highest BCUT2D eigenvalue weighted by Crippen LogP contribution is 2.23. The number of hydrogen-bond acceptors (Lipinski definition) is 5. The molecule has 2 amide bonds. The van der Waals surface area contributed by atoms with Crippen molar-refractivity contribution in [3.63, 3.8) is 0 Å². The molecule has 25 heavy (non-hydrogen) atoms. The van der Waals surface area contributed by atoms with Crippen molar-refractivity contribution < 1.29 is 19.1 Å². The zero-order valence-electron chi connectivity index (χ0n) is 13.8. The van der Waals surface area contributed by atoms with Crippen LogP contribution in [0.1, 0.15) is 5.56 Å². The highest BCUT2D eigenvalue weighted by Gasteiger charge is 2.34. The van der Waals surface area contributed by atoms with E-state index in [-0.39, 0.29) is 25.0 Å². The van der Waals surface area contributed by atoms with E-state index >= 15 is 0 Å². The maximum Gasteiger partial charge on any atom is 0.249 e. The largest absolute Gasteiger partial charge is 0.494 e. The van der Waals surface area contributed by atoms with Crippen molar-refractivity contribution >= 4 is 17.5 Å². The minimum absolute atomic E-state index is 0.0210. The third-order valence-corrected chi connectivity index (χ3v) is 3.96. The van der Waals surface area contributed by atoms with Crippen LogP contribution < -0.4 is 10.1 Å². The summed E-state index contributed by atoms with van der Waals surface area (Å²) in [5.74, 6) is -0.0512. The number of methoxy groups -OCH3 is 1. The van der Waals surface area contributed by atoms with Gasteiger partial charge >= 0.3 is 0 Å². The van der Waals surface area contributed by atoms with Crippen molar-refractivity contribution in [2.75, 3.05) is 25.6 Å². The molecule has 1 aromatic carbocycles. The van der Waals surface area contributed by atoms with Gasteiger partial charge in [-0.05, 0) is 5.56 Å². The summed E-state index contributed by atoms with van der Waals surface area (Å²) < 4.78 is 10.5. The molecule has 0 radical (unpaired) electrons. The Morgan fingerprint density at radius 1 is 1.36 bits per heavy atom. The Kier molecular flexibility index (Phi) is 5.25. The van der Waals surface area contributed by atoms with Gasteiger partial charge < -0.3 is 19.7 Å². The fourth-order valence-electron chi connectivity index (χ4n) is 2.67. The molecule has 130 valence electrons. The van der Waals surface area contributed by atoms with E-state index in [0.29, 0.717) is 18.0 Å². The monoisotopic (exact) mass is 341 g/mol.